The molecule has 0 unspecified atom stereocenters. The Balaban J connectivity index is 1.96. The SMILES string of the molecule is Cc1cc(O[C@@H](C)C(=O)N[C@H](C)c2ccc(F)cc2)ccc1Cl. The highest BCUT2D eigenvalue weighted by atomic mass is 35.5. The molecule has 2 aromatic carbocycles. The second-order valence-electron chi connectivity index (χ2n) is 5.45. The molecule has 0 heterocycles. The molecule has 0 aliphatic heterocycles. The third kappa shape index (κ3) is 4.70. The number of rotatable bonds is 5. The van der Waals surface area contributed by atoms with Gasteiger partial charge in [-0.3, -0.25) is 4.79 Å². The molecule has 2 rings (SSSR count). The molecule has 0 aromatic heterocycles. The summed E-state index contributed by atoms with van der Waals surface area (Å²) in [7, 11) is 0. The number of nitrogens with one attached hydrogen (secondary N) is 1. The Hall–Kier alpha value is -2.07. The van der Waals surface area contributed by atoms with Crippen molar-refractivity contribution in [3.05, 3.63) is 64.4 Å². The van der Waals surface area contributed by atoms with E-state index in [2.05, 4.69) is 5.32 Å². The maximum atomic E-state index is 12.9. The van der Waals surface area contributed by atoms with Crippen LogP contribution in [-0.4, -0.2) is 12.0 Å². The summed E-state index contributed by atoms with van der Waals surface area (Å²) in [6, 6.07) is 11.0. The number of carbonyl (C=O) groups is 1. The number of ether oxygens (including phenoxy) is 1. The van der Waals surface area contributed by atoms with Gasteiger partial charge in [0.15, 0.2) is 6.10 Å². The van der Waals surface area contributed by atoms with Crippen molar-refractivity contribution in [3.8, 4) is 5.75 Å². The molecule has 0 spiro atoms. The summed E-state index contributed by atoms with van der Waals surface area (Å²) in [5.41, 5.74) is 1.71. The summed E-state index contributed by atoms with van der Waals surface area (Å²) in [6.07, 6.45) is -0.654. The van der Waals surface area contributed by atoms with Gasteiger partial charge in [0.05, 0.1) is 6.04 Å². The predicted octanol–water partition coefficient (Wildman–Crippen LogP) is 4.43. The van der Waals surface area contributed by atoms with Crippen LogP contribution in [0.3, 0.4) is 0 Å². The summed E-state index contributed by atoms with van der Waals surface area (Å²) in [4.78, 5) is 12.2. The van der Waals surface area contributed by atoms with Gasteiger partial charge < -0.3 is 10.1 Å². The van der Waals surface area contributed by atoms with Crippen molar-refractivity contribution in [1.29, 1.82) is 0 Å². The topological polar surface area (TPSA) is 38.3 Å². The van der Waals surface area contributed by atoms with Crippen LogP contribution in [0, 0.1) is 12.7 Å². The van der Waals surface area contributed by atoms with Gasteiger partial charge in [0.1, 0.15) is 11.6 Å². The first-order valence-corrected chi connectivity index (χ1v) is 7.73. The Labute approximate surface area is 140 Å². The summed E-state index contributed by atoms with van der Waals surface area (Å²) in [5, 5.41) is 3.50. The van der Waals surface area contributed by atoms with Crippen LogP contribution in [-0.2, 0) is 4.79 Å². The summed E-state index contributed by atoms with van der Waals surface area (Å²) >= 11 is 5.97. The zero-order chi connectivity index (χ0) is 17.0. The fourth-order valence-electron chi connectivity index (χ4n) is 2.11. The standard InChI is InChI=1S/C18H19ClFNO2/c1-11-10-16(8-9-17(11)19)23-13(3)18(22)21-12(2)14-4-6-15(20)7-5-14/h4-10,12-13H,1-3H3,(H,21,22)/t12-,13+/m1/s1. The average Bonchev–Trinajstić information content (AvgIpc) is 2.51. The molecule has 0 aliphatic carbocycles. The van der Waals surface area contributed by atoms with Crippen LogP contribution in [0.15, 0.2) is 42.5 Å². The van der Waals surface area contributed by atoms with Crippen molar-refractivity contribution in [2.75, 3.05) is 0 Å². The smallest absolute Gasteiger partial charge is 0.261 e. The minimum atomic E-state index is -0.654. The Morgan fingerprint density at radius 3 is 2.43 bits per heavy atom. The third-order valence-electron chi connectivity index (χ3n) is 3.54. The summed E-state index contributed by atoms with van der Waals surface area (Å²) < 4.78 is 18.6. The number of amides is 1. The summed E-state index contributed by atoms with van der Waals surface area (Å²) in [6.45, 7) is 5.39. The van der Waals surface area contributed by atoms with Crippen LogP contribution in [0.1, 0.15) is 31.0 Å². The maximum Gasteiger partial charge on any atom is 0.261 e. The Bertz CT molecular complexity index is 688. The highest BCUT2D eigenvalue weighted by Crippen LogP contribution is 2.22. The lowest BCUT2D eigenvalue weighted by molar-refractivity contribution is -0.127. The molecule has 23 heavy (non-hydrogen) atoms. The van der Waals surface area contributed by atoms with Gasteiger partial charge in [-0.15, -0.1) is 0 Å². The Morgan fingerprint density at radius 2 is 1.83 bits per heavy atom. The molecule has 0 bridgehead atoms. The number of aryl methyl sites for hydroxylation is 1. The highest BCUT2D eigenvalue weighted by molar-refractivity contribution is 6.31. The highest BCUT2D eigenvalue weighted by Gasteiger charge is 2.18. The van der Waals surface area contributed by atoms with E-state index in [1.54, 1.807) is 37.3 Å². The van der Waals surface area contributed by atoms with E-state index in [9.17, 15) is 9.18 Å². The van der Waals surface area contributed by atoms with Crippen molar-refractivity contribution < 1.29 is 13.9 Å². The van der Waals surface area contributed by atoms with E-state index in [1.165, 1.54) is 12.1 Å². The molecule has 0 fully saturated rings. The third-order valence-corrected chi connectivity index (χ3v) is 3.96. The van der Waals surface area contributed by atoms with E-state index >= 15 is 0 Å². The van der Waals surface area contributed by atoms with E-state index in [0.29, 0.717) is 10.8 Å². The molecule has 0 radical (unpaired) electrons. The molecule has 1 N–H and O–H groups in total. The monoisotopic (exact) mass is 335 g/mol. The molecule has 0 saturated carbocycles. The molecule has 1 amide bonds. The van der Waals surface area contributed by atoms with Gasteiger partial charge in [-0.25, -0.2) is 4.39 Å². The lowest BCUT2D eigenvalue weighted by atomic mass is 10.1. The van der Waals surface area contributed by atoms with E-state index in [-0.39, 0.29) is 17.8 Å². The molecule has 2 atom stereocenters. The summed E-state index contributed by atoms with van der Waals surface area (Å²) in [5.74, 6) is 0.0421. The Morgan fingerprint density at radius 1 is 1.17 bits per heavy atom. The zero-order valence-electron chi connectivity index (χ0n) is 13.3. The second-order valence-corrected chi connectivity index (χ2v) is 5.86. The molecule has 122 valence electrons. The van der Waals surface area contributed by atoms with Crippen LogP contribution in [0.4, 0.5) is 4.39 Å². The van der Waals surface area contributed by atoms with Crippen LogP contribution < -0.4 is 10.1 Å². The average molecular weight is 336 g/mol. The van der Waals surface area contributed by atoms with Gasteiger partial charge >= 0.3 is 0 Å². The van der Waals surface area contributed by atoms with E-state index in [4.69, 9.17) is 16.3 Å². The first-order chi connectivity index (χ1) is 10.9. The van der Waals surface area contributed by atoms with Crippen molar-refractivity contribution in [1.82, 2.24) is 5.32 Å². The quantitative estimate of drug-likeness (QED) is 0.877. The van der Waals surface area contributed by atoms with Crippen molar-refractivity contribution in [2.45, 2.75) is 32.9 Å². The first kappa shape index (κ1) is 17.3. The van der Waals surface area contributed by atoms with Gasteiger partial charge in [-0.2, -0.15) is 0 Å². The van der Waals surface area contributed by atoms with Crippen LogP contribution in [0.2, 0.25) is 5.02 Å². The van der Waals surface area contributed by atoms with Gasteiger partial charge in [0.2, 0.25) is 0 Å². The predicted molar refractivity (Wildman–Crippen MR) is 89.2 cm³/mol. The van der Waals surface area contributed by atoms with Crippen molar-refractivity contribution in [2.24, 2.45) is 0 Å². The minimum absolute atomic E-state index is 0.235. The van der Waals surface area contributed by atoms with Gasteiger partial charge in [-0.1, -0.05) is 23.7 Å². The number of hydrogen-bond donors (Lipinski definition) is 1. The lowest BCUT2D eigenvalue weighted by Gasteiger charge is -2.19. The lowest BCUT2D eigenvalue weighted by Crippen LogP contribution is -2.37. The first-order valence-electron chi connectivity index (χ1n) is 7.35. The second kappa shape index (κ2) is 7.47. The molecular formula is C18H19ClFNO2. The number of hydrogen-bond acceptors (Lipinski definition) is 2. The largest absolute Gasteiger partial charge is 0.481 e. The molecule has 0 saturated heterocycles. The maximum absolute atomic E-state index is 12.9. The molecule has 0 aliphatic rings. The van der Waals surface area contributed by atoms with E-state index in [1.807, 2.05) is 13.8 Å². The van der Waals surface area contributed by atoms with E-state index < -0.39 is 6.10 Å². The van der Waals surface area contributed by atoms with Gasteiger partial charge in [-0.05, 0) is 62.2 Å². The van der Waals surface area contributed by atoms with E-state index in [0.717, 1.165) is 11.1 Å². The minimum Gasteiger partial charge on any atom is -0.481 e. The van der Waals surface area contributed by atoms with Gasteiger partial charge in [0.25, 0.3) is 5.91 Å². The molecular weight excluding hydrogens is 317 g/mol. The van der Waals surface area contributed by atoms with Crippen molar-refractivity contribution >= 4 is 17.5 Å². The fourth-order valence-corrected chi connectivity index (χ4v) is 2.23. The normalized spacial score (nSPS) is 13.3. The Kier molecular flexibility index (Phi) is 5.61. The number of carbonyl (C=O) groups excluding carboxylic acids is 1. The van der Waals surface area contributed by atoms with Crippen LogP contribution >= 0.6 is 11.6 Å². The molecule has 5 heteroatoms. The zero-order valence-corrected chi connectivity index (χ0v) is 14.0. The molecule has 3 nitrogen and oxygen atoms in total. The number of benzene rings is 2. The van der Waals surface area contributed by atoms with Gasteiger partial charge in [0, 0.05) is 5.02 Å². The van der Waals surface area contributed by atoms with Crippen molar-refractivity contribution in [3.63, 3.8) is 0 Å². The van der Waals surface area contributed by atoms with Crippen LogP contribution in [0.5, 0.6) is 5.75 Å². The van der Waals surface area contributed by atoms with Crippen LogP contribution in [0.25, 0.3) is 0 Å². The molecule has 2 aromatic rings. The number of halogens is 2. The fraction of sp³-hybridized carbons (Fsp3) is 0.278.